The van der Waals surface area contributed by atoms with Gasteiger partial charge in [0.15, 0.2) is 0 Å². The highest BCUT2D eigenvalue weighted by Crippen LogP contribution is 2.22. The van der Waals surface area contributed by atoms with Gasteiger partial charge in [-0.3, -0.25) is 0 Å². The predicted octanol–water partition coefficient (Wildman–Crippen LogP) is 3.31. The Hall–Kier alpha value is -0.240. The second-order valence-electron chi connectivity index (χ2n) is 2.79. The maximum atomic E-state index is 5.86. The van der Waals surface area contributed by atoms with Crippen molar-refractivity contribution < 1.29 is 0 Å². The third-order valence-electron chi connectivity index (χ3n) is 1.66. The van der Waals surface area contributed by atoms with E-state index in [1.165, 1.54) is 0 Å². The molecule has 0 spiro atoms. The highest BCUT2D eigenvalue weighted by molar-refractivity contribution is 6.41. The first-order valence-corrected chi connectivity index (χ1v) is 4.92. The van der Waals surface area contributed by atoms with Crippen LogP contribution in [0.15, 0.2) is 18.2 Å². The smallest absolute Gasteiger partial charge is 0.0595 e. The van der Waals surface area contributed by atoms with Gasteiger partial charge in [0.25, 0.3) is 0 Å². The summed E-state index contributed by atoms with van der Waals surface area (Å²) in [7, 11) is 0. The molecule has 0 atom stereocenters. The Morgan fingerprint density at radius 1 is 1.31 bits per heavy atom. The molecule has 0 aliphatic carbocycles. The van der Waals surface area contributed by atoms with Crippen molar-refractivity contribution in [3.63, 3.8) is 0 Å². The molecule has 71 valence electrons. The largest absolute Gasteiger partial charge is 0.312 e. The van der Waals surface area contributed by atoms with Gasteiger partial charge in [-0.15, -0.1) is 0 Å². The summed E-state index contributed by atoms with van der Waals surface area (Å²) in [5.41, 5.74) is 1.15. The molecule has 1 nitrogen and oxygen atoms in total. The molecule has 0 aromatic heterocycles. The first kappa shape index (κ1) is 10.8. The van der Waals surface area contributed by atoms with E-state index in [0.717, 1.165) is 18.7 Å². The molecule has 0 bridgehead atoms. The first-order valence-electron chi connectivity index (χ1n) is 4.16. The van der Waals surface area contributed by atoms with Crippen LogP contribution in [0.5, 0.6) is 0 Å². The van der Waals surface area contributed by atoms with E-state index in [2.05, 4.69) is 11.7 Å². The van der Waals surface area contributed by atoms with Crippen LogP contribution in [0.2, 0.25) is 10.0 Å². The molecule has 0 aliphatic heterocycles. The van der Waals surface area contributed by atoms with Gasteiger partial charge in [0.05, 0.1) is 10.0 Å². The normalized spacial score (nSPS) is 10.4. The zero-order chi connectivity index (χ0) is 9.68. The fraction of sp³-hybridized carbons (Fsp3) is 0.300. The molecule has 1 aromatic rings. The van der Waals surface area contributed by atoms with E-state index in [0.29, 0.717) is 10.0 Å². The summed E-state index contributed by atoms with van der Waals surface area (Å²) in [6.07, 6.45) is 2.07. The van der Waals surface area contributed by atoms with E-state index in [1.807, 2.05) is 25.1 Å². The molecule has 1 aromatic carbocycles. The average molecular weight is 217 g/mol. The molecule has 1 radical (unpaired) electrons. The molecular formula is C10H12Cl2N. The summed E-state index contributed by atoms with van der Waals surface area (Å²) in [4.78, 5) is 0. The number of hydrogen-bond donors (Lipinski definition) is 1. The maximum absolute atomic E-state index is 5.86. The molecule has 1 N–H and O–H groups in total. The third-order valence-corrected chi connectivity index (χ3v) is 2.40. The van der Waals surface area contributed by atoms with Crippen LogP contribution in [-0.2, 0) is 6.54 Å². The Balaban J connectivity index is 2.53. The van der Waals surface area contributed by atoms with Crippen LogP contribution < -0.4 is 5.32 Å². The topological polar surface area (TPSA) is 12.0 Å². The lowest BCUT2D eigenvalue weighted by Gasteiger charge is -2.04. The molecule has 0 aliphatic rings. The van der Waals surface area contributed by atoms with E-state index in [1.54, 1.807) is 0 Å². The molecule has 0 saturated heterocycles. The minimum Gasteiger partial charge on any atom is -0.312 e. The molecule has 1 rings (SSSR count). The van der Waals surface area contributed by atoms with Gasteiger partial charge in [0.2, 0.25) is 0 Å². The van der Waals surface area contributed by atoms with Crippen molar-refractivity contribution in [2.24, 2.45) is 0 Å². The standard InChI is InChI=1S/C10H12Cl2N/c1-2-5-13-7-8-3-4-9(11)10(12)6-8/h2-4,6,13H,5,7H2,1H3. The van der Waals surface area contributed by atoms with E-state index in [-0.39, 0.29) is 0 Å². The summed E-state index contributed by atoms with van der Waals surface area (Å²) in [5.74, 6) is 0. The molecule has 0 unspecified atom stereocenters. The Labute approximate surface area is 89.0 Å². The maximum Gasteiger partial charge on any atom is 0.0595 e. The number of halogens is 2. The minimum atomic E-state index is 0.604. The van der Waals surface area contributed by atoms with Crippen LogP contribution in [0.1, 0.15) is 12.5 Å². The minimum absolute atomic E-state index is 0.604. The monoisotopic (exact) mass is 216 g/mol. The first-order chi connectivity index (χ1) is 6.24. The summed E-state index contributed by atoms with van der Waals surface area (Å²) < 4.78 is 0. The fourth-order valence-corrected chi connectivity index (χ4v) is 1.33. The van der Waals surface area contributed by atoms with Crippen molar-refractivity contribution in [1.29, 1.82) is 0 Å². The van der Waals surface area contributed by atoms with Crippen molar-refractivity contribution in [2.45, 2.75) is 13.5 Å². The van der Waals surface area contributed by atoms with Gasteiger partial charge < -0.3 is 5.32 Å². The van der Waals surface area contributed by atoms with Gasteiger partial charge >= 0.3 is 0 Å². The van der Waals surface area contributed by atoms with Crippen molar-refractivity contribution in [3.05, 3.63) is 40.2 Å². The van der Waals surface area contributed by atoms with Crippen molar-refractivity contribution in [1.82, 2.24) is 5.32 Å². The molecule has 0 amide bonds. The quantitative estimate of drug-likeness (QED) is 0.763. The lowest BCUT2D eigenvalue weighted by Crippen LogP contribution is -2.13. The van der Waals surface area contributed by atoms with E-state index < -0.39 is 0 Å². The number of nitrogens with one attached hydrogen (secondary N) is 1. The second kappa shape index (κ2) is 5.48. The average Bonchev–Trinajstić information content (AvgIpc) is 2.12. The SMILES string of the molecule is C[CH]CNCc1ccc(Cl)c(Cl)c1. The molecule has 3 heteroatoms. The molecule has 0 heterocycles. The van der Waals surface area contributed by atoms with Crippen LogP contribution in [0.25, 0.3) is 0 Å². The molecule has 0 fully saturated rings. The summed E-state index contributed by atoms with van der Waals surface area (Å²) in [6, 6.07) is 5.67. The van der Waals surface area contributed by atoms with Crippen LogP contribution in [-0.4, -0.2) is 6.54 Å². The zero-order valence-electron chi connectivity index (χ0n) is 7.48. The van der Waals surface area contributed by atoms with Gasteiger partial charge in [-0.05, 0) is 30.7 Å². The van der Waals surface area contributed by atoms with Crippen LogP contribution in [0.3, 0.4) is 0 Å². The van der Waals surface area contributed by atoms with E-state index in [4.69, 9.17) is 23.2 Å². The Morgan fingerprint density at radius 3 is 2.69 bits per heavy atom. The number of rotatable bonds is 4. The molecule has 0 saturated carbocycles. The van der Waals surface area contributed by atoms with Crippen molar-refractivity contribution in [2.75, 3.05) is 6.54 Å². The van der Waals surface area contributed by atoms with E-state index >= 15 is 0 Å². The predicted molar refractivity (Wildman–Crippen MR) is 58.1 cm³/mol. The van der Waals surface area contributed by atoms with Crippen LogP contribution in [0, 0.1) is 6.42 Å². The summed E-state index contributed by atoms with van der Waals surface area (Å²) in [5, 5.41) is 4.46. The van der Waals surface area contributed by atoms with Gasteiger partial charge in [0.1, 0.15) is 0 Å². The van der Waals surface area contributed by atoms with Gasteiger partial charge in [-0.2, -0.15) is 0 Å². The highest BCUT2D eigenvalue weighted by Gasteiger charge is 1.98. The number of hydrogen-bond acceptors (Lipinski definition) is 1. The van der Waals surface area contributed by atoms with Crippen LogP contribution in [0.4, 0.5) is 0 Å². The highest BCUT2D eigenvalue weighted by atomic mass is 35.5. The Kier molecular flexibility index (Phi) is 4.57. The van der Waals surface area contributed by atoms with Crippen molar-refractivity contribution >= 4 is 23.2 Å². The summed E-state index contributed by atoms with van der Waals surface area (Å²) >= 11 is 11.6. The summed E-state index contributed by atoms with van der Waals surface area (Å²) in [6.45, 7) is 3.74. The second-order valence-corrected chi connectivity index (χ2v) is 3.60. The zero-order valence-corrected chi connectivity index (χ0v) is 8.99. The van der Waals surface area contributed by atoms with E-state index in [9.17, 15) is 0 Å². The van der Waals surface area contributed by atoms with Gasteiger partial charge in [0, 0.05) is 6.54 Å². The molecular weight excluding hydrogens is 205 g/mol. The molecule has 13 heavy (non-hydrogen) atoms. The van der Waals surface area contributed by atoms with Gasteiger partial charge in [-0.1, -0.05) is 36.2 Å². The lowest BCUT2D eigenvalue weighted by atomic mass is 10.2. The fourth-order valence-electron chi connectivity index (χ4n) is 1.01. The van der Waals surface area contributed by atoms with Crippen molar-refractivity contribution in [3.8, 4) is 0 Å². The lowest BCUT2D eigenvalue weighted by molar-refractivity contribution is 0.737. The van der Waals surface area contributed by atoms with Gasteiger partial charge in [-0.25, -0.2) is 0 Å². The van der Waals surface area contributed by atoms with Crippen LogP contribution >= 0.6 is 23.2 Å². The third kappa shape index (κ3) is 3.55. The Bertz CT molecular complexity index is 274. The number of benzene rings is 1. The Morgan fingerprint density at radius 2 is 2.08 bits per heavy atom.